The Labute approximate surface area is 73.9 Å². The number of rotatable bonds is 3. The summed E-state index contributed by atoms with van der Waals surface area (Å²) in [5, 5.41) is 0. The number of allylic oxidation sites excluding steroid dienone is 1. The smallest absolute Gasteiger partial charge is 0.352 e. The lowest BCUT2D eigenvalue weighted by atomic mass is 9.99. The standard InChI is InChI=1S/C8H12BNO2/c1-6(4-9)5-10-7(2)8(11)12-3/h5H,4H2,1-3H3/b6-5+,10-7?. The number of carbonyl (C=O) groups excluding carboxylic acids is 1. The van der Waals surface area contributed by atoms with E-state index in [4.69, 9.17) is 7.85 Å². The number of hydrogen-bond donors (Lipinski definition) is 0. The van der Waals surface area contributed by atoms with Gasteiger partial charge in [0.15, 0.2) is 0 Å². The fraction of sp³-hybridized carbons (Fsp3) is 0.500. The maximum atomic E-state index is 10.8. The molecule has 0 saturated heterocycles. The Kier molecular flexibility index (Phi) is 5.09. The highest BCUT2D eigenvalue weighted by Crippen LogP contribution is 1.97. The van der Waals surface area contributed by atoms with Crippen molar-refractivity contribution in [1.82, 2.24) is 0 Å². The van der Waals surface area contributed by atoms with Crippen LogP contribution >= 0.6 is 0 Å². The molecule has 0 aliphatic rings. The molecule has 64 valence electrons. The fourth-order valence-electron chi connectivity index (χ4n) is 0.460. The molecule has 3 nitrogen and oxygen atoms in total. The number of nitrogens with zero attached hydrogens (tertiary/aromatic N) is 1. The summed E-state index contributed by atoms with van der Waals surface area (Å²) in [6.07, 6.45) is 2.00. The molecule has 0 aromatic rings. The van der Waals surface area contributed by atoms with Gasteiger partial charge in [0.1, 0.15) is 5.71 Å². The van der Waals surface area contributed by atoms with Gasteiger partial charge < -0.3 is 4.74 Å². The molecular weight excluding hydrogens is 153 g/mol. The molecule has 0 bridgehead atoms. The van der Waals surface area contributed by atoms with E-state index >= 15 is 0 Å². The second-order valence-corrected chi connectivity index (χ2v) is 2.39. The van der Waals surface area contributed by atoms with E-state index in [0.717, 1.165) is 5.57 Å². The quantitative estimate of drug-likeness (QED) is 0.357. The number of carbonyl (C=O) groups is 1. The molecule has 4 heteroatoms. The molecule has 0 saturated carbocycles. The van der Waals surface area contributed by atoms with Crippen LogP contribution in [0.15, 0.2) is 16.8 Å². The summed E-state index contributed by atoms with van der Waals surface area (Å²) in [7, 11) is 6.63. The minimum atomic E-state index is -0.420. The number of hydrogen-bond acceptors (Lipinski definition) is 3. The van der Waals surface area contributed by atoms with Gasteiger partial charge in [-0.25, -0.2) is 4.79 Å². The van der Waals surface area contributed by atoms with Crippen LogP contribution in [0.3, 0.4) is 0 Å². The van der Waals surface area contributed by atoms with Gasteiger partial charge in [-0.1, -0.05) is 11.9 Å². The number of esters is 1. The van der Waals surface area contributed by atoms with Crippen LogP contribution in [0.25, 0.3) is 0 Å². The largest absolute Gasteiger partial charge is 0.465 e. The molecule has 0 aromatic heterocycles. The zero-order valence-corrected chi connectivity index (χ0v) is 7.63. The van der Waals surface area contributed by atoms with Crippen molar-refractivity contribution in [1.29, 1.82) is 0 Å². The fourth-order valence-corrected chi connectivity index (χ4v) is 0.460. The number of ether oxygens (including phenoxy) is 1. The Morgan fingerprint density at radius 2 is 2.17 bits per heavy atom. The zero-order chi connectivity index (χ0) is 9.56. The minimum absolute atomic E-state index is 0.324. The van der Waals surface area contributed by atoms with Gasteiger partial charge in [0.25, 0.3) is 0 Å². The molecule has 0 rings (SSSR count). The Bertz CT molecular complexity index is 221. The lowest BCUT2D eigenvalue weighted by Gasteiger charge is -1.95. The summed E-state index contributed by atoms with van der Waals surface area (Å²) in [5.41, 5.74) is 1.24. The predicted molar refractivity (Wildman–Crippen MR) is 49.4 cm³/mol. The molecule has 0 aromatic carbocycles. The van der Waals surface area contributed by atoms with E-state index in [9.17, 15) is 4.79 Å². The van der Waals surface area contributed by atoms with Crippen LogP contribution in [-0.4, -0.2) is 26.6 Å². The van der Waals surface area contributed by atoms with Crippen LogP contribution < -0.4 is 0 Å². The van der Waals surface area contributed by atoms with Crippen LogP contribution in [0, 0.1) is 0 Å². The second kappa shape index (κ2) is 5.58. The lowest BCUT2D eigenvalue weighted by Crippen LogP contribution is -2.11. The SMILES string of the molecule is [B]C/C(C)=C/N=C(C)C(=O)OC. The molecule has 0 atom stereocenters. The molecule has 0 heterocycles. The van der Waals surface area contributed by atoms with Gasteiger partial charge in [0, 0.05) is 6.20 Å². The first-order valence-electron chi connectivity index (χ1n) is 3.60. The average Bonchev–Trinajstić information content (AvgIpc) is 2.11. The Balaban J connectivity index is 4.27. The van der Waals surface area contributed by atoms with E-state index in [-0.39, 0.29) is 0 Å². The molecular formula is C8H12BNO2. The Hall–Kier alpha value is -1.06. The Morgan fingerprint density at radius 3 is 2.58 bits per heavy atom. The van der Waals surface area contributed by atoms with Crippen molar-refractivity contribution in [3.05, 3.63) is 11.8 Å². The summed E-state index contributed by atoms with van der Waals surface area (Å²) < 4.78 is 4.45. The van der Waals surface area contributed by atoms with Crippen molar-refractivity contribution in [3.63, 3.8) is 0 Å². The van der Waals surface area contributed by atoms with Gasteiger partial charge in [-0.3, -0.25) is 4.99 Å². The van der Waals surface area contributed by atoms with Gasteiger partial charge in [-0.05, 0) is 13.8 Å². The lowest BCUT2D eigenvalue weighted by molar-refractivity contribution is -0.132. The van der Waals surface area contributed by atoms with E-state index in [2.05, 4.69) is 9.73 Å². The third kappa shape index (κ3) is 3.96. The van der Waals surface area contributed by atoms with Gasteiger partial charge in [0.2, 0.25) is 0 Å². The first-order chi connectivity index (χ1) is 5.61. The topological polar surface area (TPSA) is 38.7 Å². The molecule has 0 aliphatic carbocycles. The van der Waals surface area contributed by atoms with Crippen LogP contribution in [0.4, 0.5) is 0 Å². The van der Waals surface area contributed by atoms with Crippen molar-refractivity contribution in [2.45, 2.75) is 20.2 Å². The zero-order valence-electron chi connectivity index (χ0n) is 7.63. The number of methoxy groups -OCH3 is 1. The first kappa shape index (κ1) is 10.9. The van der Waals surface area contributed by atoms with Crippen LogP contribution in [-0.2, 0) is 9.53 Å². The molecule has 12 heavy (non-hydrogen) atoms. The van der Waals surface area contributed by atoms with E-state index in [1.807, 2.05) is 6.92 Å². The van der Waals surface area contributed by atoms with Gasteiger partial charge in [-0.2, -0.15) is 0 Å². The second-order valence-electron chi connectivity index (χ2n) is 2.39. The highest BCUT2D eigenvalue weighted by molar-refractivity contribution is 6.35. The molecule has 0 N–H and O–H groups in total. The molecule has 0 amide bonds. The highest BCUT2D eigenvalue weighted by atomic mass is 16.5. The Morgan fingerprint density at radius 1 is 1.58 bits per heavy atom. The maximum Gasteiger partial charge on any atom is 0.352 e. The summed E-state index contributed by atoms with van der Waals surface area (Å²) in [5.74, 6) is -0.420. The van der Waals surface area contributed by atoms with Gasteiger partial charge >= 0.3 is 5.97 Å². The van der Waals surface area contributed by atoms with E-state index in [1.165, 1.54) is 7.11 Å². The summed E-state index contributed by atoms with van der Waals surface area (Å²) in [6.45, 7) is 3.43. The molecule has 0 unspecified atom stereocenters. The van der Waals surface area contributed by atoms with Crippen LogP contribution in [0.1, 0.15) is 13.8 Å². The summed E-state index contributed by atoms with van der Waals surface area (Å²) in [6, 6.07) is 0. The van der Waals surface area contributed by atoms with Gasteiger partial charge in [0.05, 0.1) is 15.0 Å². The third-order valence-corrected chi connectivity index (χ3v) is 1.28. The van der Waals surface area contributed by atoms with Crippen molar-refractivity contribution < 1.29 is 9.53 Å². The van der Waals surface area contributed by atoms with Gasteiger partial charge in [-0.15, -0.1) is 0 Å². The molecule has 0 fully saturated rings. The third-order valence-electron chi connectivity index (χ3n) is 1.28. The van der Waals surface area contributed by atoms with E-state index < -0.39 is 5.97 Å². The maximum absolute atomic E-state index is 10.8. The first-order valence-corrected chi connectivity index (χ1v) is 3.60. The molecule has 2 radical (unpaired) electrons. The average molecular weight is 165 g/mol. The van der Waals surface area contributed by atoms with E-state index in [0.29, 0.717) is 12.0 Å². The summed E-state index contributed by atoms with van der Waals surface area (Å²) >= 11 is 0. The predicted octanol–water partition coefficient (Wildman–Crippen LogP) is 1.11. The van der Waals surface area contributed by atoms with Crippen molar-refractivity contribution >= 4 is 19.5 Å². The number of aliphatic imine (C=N–C) groups is 1. The van der Waals surface area contributed by atoms with E-state index in [1.54, 1.807) is 13.1 Å². The van der Waals surface area contributed by atoms with Crippen molar-refractivity contribution in [2.75, 3.05) is 7.11 Å². The van der Waals surface area contributed by atoms with Crippen LogP contribution in [0.2, 0.25) is 6.32 Å². The summed E-state index contributed by atoms with van der Waals surface area (Å²) in [4.78, 5) is 14.7. The molecule has 0 aliphatic heterocycles. The van der Waals surface area contributed by atoms with Crippen molar-refractivity contribution in [3.8, 4) is 0 Å². The highest BCUT2D eigenvalue weighted by Gasteiger charge is 2.02. The van der Waals surface area contributed by atoms with Crippen molar-refractivity contribution in [2.24, 2.45) is 4.99 Å². The minimum Gasteiger partial charge on any atom is -0.465 e. The molecule has 0 spiro atoms. The van der Waals surface area contributed by atoms with Crippen LogP contribution in [0.5, 0.6) is 0 Å². The normalized spacial score (nSPS) is 12.9. The monoisotopic (exact) mass is 165 g/mol.